The van der Waals surface area contributed by atoms with Crippen molar-refractivity contribution in [3.05, 3.63) is 102 Å². The van der Waals surface area contributed by atoms with E-state index in [9.17, 15) is 9.59 Å². The van der Waals surface area contributed by atoms with Crippen LogP contribution < -0.4 is 10.1 Å². The van der Waals surface area contributed by atoms with Gasteiger partial charge in [0.05, 0.1) is 19.3 Å². The van der Waals surface area contributed by atoms with Crippen LogP contribution in [0.4, 0.5) is 0 Å². The molecule has 0 aliphatic rings. The third-order valence-electron chi connectivity index (χ3n) is 5.11. The summed E-state index contributed by atoms with van der Waals surface area (Å²) in [7, 11) is 1.58. The van der Waals surface area contributed by atoms with Crippen LogP contribution in [0.3, 0.4) is 0 Å². The van der Waals surface area contributed by atoms with E-state index in [1.165, 1.54) is 4.90 Å². The molecule has 1 N–H and O–H groups in total. The van der Waals surface area contributed by atoms with Gasteiger partial charge in [0, 0.05) is 24.4 Å². The number of rotatable bonds is 9. The minimum atomic E-state index is -0.408. The van der Waals surface area contributed by atoms with Crippen LogP contribution in [0, 0.1) is 0 Å². The van der Waals surface area contributed by atoms with Crippen LogP contribution >= 0.6 is 0 Å². The number of hydrogen-bond donors (Lipinski definition) is 1. The molecule has 8 nitrogen and oxygen atoms in total. The fourth-order valence-electron chi connectivity index (χ4n) is 3.37. The summed E-state index contributed by atoms with van der Waals surface area (Å²) in [5.74, 6) is 0.389. The number of nitrogens with zero attached hydrogens (tertiary/aromatic N) is 3. The van der Waals surface area contributed by atoms with E-state index in [1.54, 1.807) is 25.4 Å². The van der Waals surface area contributed by atoms with Crippen LogP contribution in [0.25, 0.3) is 11.3 Å². The number of hydrogen-bond acceptors (Lipinski definition) is 6. The Bertz CT molecular complexity index is 1240. The Morgan fingerprint density at radius 2 is 1.82 bits per heavy atom. The fourth-order valence-corrected chi connectivity index (χ4v) is 3.37. The van der Waals surface area contributed by atoms with E-state index in [0.717, 1.165) is 16.8 Å². The maximum atomic E-state index is 13.3. The first-order valence-electron chi connectivity index (χ1n) is 10.7. The molecule has 4 rings (SSSR count). The highest BCUT2D eigenvalue weighted by molar-refractivity contribution is 5.95. The molecule has 0 saturated carbocycles. The summed E-state index contributed by atoms with van der Waals surface area (Å²) in [5, 5.41) is 6.77. The lowest BCUT2D eigenvalue weighted by Gasteiger charge is -2.21. The zero-order chi connectivity index (χ0) is 23.8. The number of amides is 2. The molecule has 2 aromatic carbocycles. The van der Waals surface area contributed by atoms with Gasteiger partial charge < -0.3 is 19.5 Å². The van der Waals surface area contributed by atoms with Crippen LogP contribution in [0.2, 0.25) is 0 Å². The summed E-state index contributed by atoms with van der Waals surface area (Å²) in [6.07, 6.45) is 1.66. The highest BCUT2D eigenvalue weighted by Gasteiger charge is 2.23. The Labute approximate surface area is 197 Å². The molecule has 2 aromatic heterocycles. The van der Waals surface area contributed by atoms with Crippen molar-refractivity contribution in [2.24, 2.45) is 0 Å². The van der Waals surface area contributed by atoms with Gasteiger partial charge in [-0.05, 0) is 29.8 Å². The molecule has 2 amide bonds. The van der Waals surface area contributed by atoms with Gasteiger partial charge in [0.1, 0.15) is 12.3 Å². The van der Waals surface area contributed by atoms with Crippen molar-refractivity contribution in [2.45, 2.75) is 13.1 Å². The summed E-state index contributed by atoms with van der Waals surface area (Å²) >= 11 is 0. The predicted molar refractivity (Wildman–Crippen MR) is 126 cm³/mol. The van der Waals surface area contributed by atoms with E-state index in [4.69, 9.17) is 9.26 Å². The lowest BCUT2D eigenvalue weighted by Crippen LogP contribution is -2.40. The number of ether oxygens (including phenoxy) is 1. The highest BCUT2D eigenvalue weighted by atomic mass is 16.5. The molecule has 2 heterocycles. The molecule has 172 valence electrons. The molecule has 0 aliphatic heterocycles. The first-order chi connectivity index (χ1) is 16.6. The van der Waals surface area contributed by atoms with Gasteiger partial charge in [-0.25, -0.2) is 0 Å². The number of carbonyl (C=O) groups is 2. The molecule has 0 fully saturated rings. The molecular formula is C26H24N4O4. The highest BCUT2D eigenvalue weighted by Crippen LogP contribution is 2.25. The summed E-state index contributed by atoms with van der Waals surface area (Å²) in [6.45, 7) is 0.386. The van der Waals surface area contributed by atoms with Crippen molar-refractivity contribution in [1.29, 1.82) is 0 Å². The number of aromatic nitrogens is 2. The van der Waals surface area contributed by atoms with E-state index in [0.29, 0.717) is 11.5 Å². The van der Waals surface area contributed by atoms with Crippen molar-refractivity contribution in [1.82, 2.24) is 20.4 Å². The van der Waals surface area contributed by atoms with E-state index in [1.807, 2.05) is 66.7 Å². The van der Waals surface area contributed by atoms with Gasteiger partial charge in [-0.2, -0.15) is 0 Å². The van der Waals surface area contributed by atoms with Gasteiger partial charge in [-0.1, -0.05) is 53.7 Å². The van der Waals surface area contributed by atoms with Crippen molar-refractivity contribution in [2.75, 3.05) is 13.7 Å². The zero-order valence-corrected chi connectivity index (χ0v) is 18.7. The second-order valence-electron chi connectivity index (χ2n) is 7.55. The van der Waals surface area contributed by atoms with E-state index in [2.05, 4.69) is 15.5 Å². The van der Waals surface area contributed by atoms with Crippen LogP contribution in [-0.2, 0) is 17.9 Å². The lowest BCUT2D eigenvalue weighted by molar-refractivity contribution is -0.122. The molecule has 0 spiro atoms. The van der Waals surface area contributed by atoms with Gasteiger partial charge in [-0.3, -0.25) is 14.6 Å². The van der Waals surface area contributed by atoms with Crippen LogP contribution in [-0.4, -0.2) is 40.5 Å². The summed E-state index contributed by atoms with van der Waals surface area (Å²) in [5.41, 5.74) is 2.47. The molecule has 0 radical (unpaired) electrons. The minimum absolute atomic E-state index is 0.117. The molecule has 0 unspecified atom stereocenters. The molecule has 0 saturated heterocycles. The van der Waals surface area contributed by atoms with Crippen LogP contribution in [0.5, 0.6) is 5.75 Å². The average Bonchev–Trinajstić information content (AvgIpc) is 3.38. The Kier molecular flexibility index (Phi) is 7.29. The second kappa shape index (κ2) is 10.9. The van der Waals surface area contributed by atoms with E-state index in [-0.39, 0.29) is 31.2 Å². The standard InChI is InChI=1S/C26H24N4O4/c1-33-22-12-7-10-20(14-22)24-15-23(29-34-24)26(32)30(17-19-8-3-2-4-9-19)18-25(31)28-16-21-11-5-6-13-27-21/h2-15H,16-18H2,1H3,(H,28,31). The molecule has 34 heavy (non-hydrogen) atoms. The number of methoxy groups -OCH3 is 1. The first kappa shape index (κ1) is 22.7. The van der Waals surface area contributed by atoms with Crippen molar-refractivity contribution < 1.29 is 18.8 Å². The van der Waals surface area contributed by atoms with Gasteiger partial charge in [-0.15, -0.1) is 0 Å². The quantitative estimate of drug-likeness (QED) is 0.412. The number of nitrogens with one attached hydrogen (secondary N) is 1. The monoisotopic (exact) mass is 456 g/mol. The van der Waals surface area contributed by atoms with Gasteiger partial charge in [0.15, 0.2) is 11.5 Å². The number of benzene rings is 2. The molecule has 0 aliphatic carbocycles. The van der Waals surface area contributed by atoms with Gasteiger partial charge >= 0.3 is 0 Å². The third-order valence-corrected chi connectivity index (χ3v) is 5.11. The fraction of sp³-hybridized carbons (Fsp3) is 0.154. The molecule has 0 bridgehead atoms. The van der Waals surface area contributed by atoms with E-state index >= 15 is 0 Å². The number of pyridine rings is 1. The van der Waals surface area contributed by atoms with E-state index < -0.39 is 5.91 Å². The SMILES string of the molecule is COc1cccc(-c2cc(C(=O)N(CC(=O)NCc3ccccn3)Cc3ccccc3)no2)c1. The largest absolute Gasteiger partial charge is 0.497 e. The van der Waals surface area contributed by atoms with Crippen LogP contribution in [0.1, 0.15) is 21.7 Å². The van der Waals surface area contributed by atoms with Gasteiger partial charge in [0.25, 0.3) is 5.91 Å². The Morgan fingerprint density at radius 1 is 1.00 bits per heavy atom. The topological polar surface area (TPSA) is 97.6 Å². The molecular weight excluding hydrogens is 432 g/mol. The smallest absolute Gasteiger partial charge is 0.276 e. The van der Waals surface area contributed by atoms with Crippen LogP contribution in [0.15, 0.2) is 89.6 Å². The minimum Gasteiger partial charge on any atom is -0.497 e. The maximum absolute atomic E-state index is 13.3. The Morgan fingerprint density at radius 3 is 2.59 bits per heavy atom. The number of carbonyl (C=O) groups excluding carboxylic acids is 2. The average molecular weight is 457 g/mol. The summed E-state index contributed by atoms with van der Waals surface area (Å²) < 4.78 is 10.7. The second-order valence-corrected chi connectivity index (χ2v) is 7.55. The van der Waals surface area contributed by atoms with Crippen molar-refractivity contribution in [3.63, 3.8) is 0 Å². The normalized spacial score (nSPS) is 10.5. The maximum Gasteiger partial charge on any atom is 0.276 e. The first-order valence-corrected chi connectivity index (χ1v) is 10.7. The Balaban J connectivity index is 1.50. The van der Waals surface area contributed by atoms with Gasteiger partial charge in [0.2, 0.25) is 5.91 Å². The third kappa shape index (κ3) is 5.86. The molecule has 8 heteroatoms. The molecule has 4 aromatic rings. The summed E-state index contributed by atoms with van der Waals surface area (Å²) in [6, 6.07) is 23.8. The zero-order valence-electron chi connectivity index (χ0n) is 18.7. The lowest BCUT2D eigenvalue weighted by atomic mass is 10.1. The summed E-state index contributed by atoms with van der Waals surface area (Å²) in [4.78, 5) is 31.6. The Hall–Kier alpha value is -4.46. The predicted octanol–water partition coefficient (Wildman–Crippen LogP) is 3.70. The molecule has 0 atom stereocenters. The van der Waals surface area contributed by atoms with Crippen molar-refractivity contribution in [3.8, 4) is 17.1 Å². The van der Waals surface area contributed by atoms with Crippen molar-refractivity contribution >= 4 is 11.8 Å².